The molecule has 0 amide bonds. The molecular formula is C33H30N2O3. The third-order valence-electron chi connectivity index (χ3n) is 7.36. The summed E-state index contributed by atoms with van der Waals surface area (Å²) in [6.45, 7) is 3.73. The molecule has 38 heavy (non-hydrogen) atoms. The van der Waals surface area contributed by atoms with Gasteiger partial charge in [0.25, 0.3) is 0 Å². The normalized spacial score (nSPS) is 14.9. The third kappa shape index (κ3) is 5.61. The summed E-state index contributed by atoms with van der Waals surface area (Å²) in [5.41, 5.74) is 8.52. The number of carbonyl (C=O) groups is 1. The first-order chi connectivity index (χ1) is 18.5. The minimum Gasteiger partial charge on any atom is -0.489 e. The van der Waals surface area contributed by atoms with Crippen LogP contribution >= 0.6 is 0 Å². The lowest BCUT2D eigenvalue weighted by Crippen LogP contribution is -2.46. The molecule has 1 N–H and O–H groups in total. The van der Waals surface area contributed by atoms with Crippen LogP contribution in [0.4, 0.5) is 0 Å². The van der Waals surface area contributed by atoms with Gasteiger partial charge in [-0.05, 0) is 83.0 Å². The van der Waals surface area contributed by atoms with E-state index in [0.717, 1.165) is 28.0 Å². The van der Waals surface area contributed by atoms with Gasteiger partial charge in [-0.1, -0.05) is 66.7 Å². The molecule has 1 aliphatic heterocycles. The van der Waals surface area contributed by atoms with Crippen molar-refractivity contribution in [1.29, 1.82) is 5.26 Å². The highest BCUT2D eigenvalue weighted by atomic mass is 16.5. The van der Waals surface area contributed by atoms with Crippen molar-refractivity contribution in [3.05, 3.63) is 124 Å². The van der Waals surface area contributed by atoms with Crippen LogP contribution in [-0.2, 0) is 30.8 Å². The number of nitriles is 1. The van der Waals surface area contributed by atoms with Gasteiger partial charge in [0.1, 0.15) is 18.4 Å². The second kappa shape index (κ2) is 11.3. The predicted molar refractivity (Wildman–Crippen MR) is 148 cm³/mol. The summed E-state index contributed by atoms with van der Waals surface area (Å²) in [7, 11) is 0. The van der Waals surface area contributed by atoms with Crippen molar-refractivity contribution in [3.63, 3.8) is 0 Å². The summed E-state index contributed by atoms with van der Waals surface area (Å²) in [6, 6.07) is 31.7. The van der Waals surface area contributed by atoms with E-state index in [4.69, 9.17) is 4.74 Å². The van der Waals surface area contributed by atoms with Crippen LogP contribution in [0, 0.1) is 18.3 Å². The van der Waals surface area contributed by atoms with Crippen LogP contribution in [0.15, 0.2) is 91.0 Å². The average molecular weight is 503 g/mol. The number of hydrogen-bond donors (Lipinski definition) is 1. The van der Waals surface area contributed by atoms with Crippen molar-refractivity contribution in [2.75, 3.05) is 6.54 Å². The second-order valence-electron chi connectivity index (χ2n) is 9.77. The number of hydrogen-bond acceptors (Lipinski definition) is 4. The average Bonchev–Trinajstić information content (AvgIpc) is 2.95. The highest BCUT2D eigenvalue weighted by molar-refractivity contribution is 5.74. The van der Waals surface area contributed by atoms with Gasteiger partial charge in [-0.3, -0.25) is 9.69 Å². The fourth-order valence-corrected chi connectivity index (χ4v) is 5.18. The summed E-state index contributed by atoms with van der Waals surface area (Å²) in [5, 5.41) is 19.1. The van der Waals surface area contributed by atoms with Crippen molar-refractivity contribution >= 4 is 5.97 Å². The lowest BCUT2D eigenvalue weighted by atomic mass is 9.93. The zero-order valence-electron chi connectivity index (χ0n) is 21.4. The van der Waals surface area contributed by atoms with E-state index in [1.165, 1.54) is 16.7 Å². The molecule has 0 saturated heterocycles. The van der Waals surface area contributed by atoms with Gasteiger partial charge in [-0.2, -0.15) is 5.26 Å². The van der Waals surface area contributed by atoms with E-state index in [1.54, 1.807) is 6.07 Å². The molecule has 5 heteroatoms. The van der Waals surface area contributed by atoms with E-state index in [9.17, 15) is 15.2 Å². The van der Waals surface area contributed by atoms with Crippen LogP contribution in [0.1, 0.15) is 33.4 Å². The molecule has 0 aliphatic carbocycles. The molecule has 4 aromatic carbocycles. The third-order valence-corrected chi connectivity index (χ3v) is 7.36. The van der Waals surface area contributed by atoms with E-state index >= 15 is 0 Å². The zero-order chi connectivity index (χ0) is 26.5. The Morgan fingerprint density at radius 1 is 1.00 bits per heavy atom. The minimum absolute atomic E-state index is 0.460. The van der Waals surface area contributed by atoms with E-state index in [2.05, 4.69) is 43.3 Å². The fourth-order valence-electron chi connectivity index (χ4n) is 5.18. The van der Waals surface area contributed by atoms with E-state index in [1.807, 2.05) is 59.5 Å². The zero-order valence-corrected chi connectivity index (χ0v) is 21.4. The molecule has 1 heterocycles. The molecule has 4 aromatic rings. The van der Waals surface area contributed by atoms with Crippen molar-refractivity contribution in [2.24, 2.45) is 0 Å². The van der Waals surface area contributed by atoms with Crippen molar-refractivity contribution in [3.8, 4) is 22.9 Å². The first-order valence-electron chi connectivity index (χ1n) is 12.9. The van der Waals surface area contributed by atoms with Gasteiger partial charge in [0, 0.05) is 13.1 Å². The highest BCUT2D eigenvalue weighted by Crippen LogP contribution is 2.30. The van der Waals surface area contributed by atoms with Crippen molar-refractivity contribution in [2.45, 2.75) is 39.0 Å². The Kier molecular flexibility index (Phi) is 7.53. The molecular weight excluding hydrogens is 472 g/mol. The standard InChI is InChI=1S/C33H30N2O3/c1-23-28(11-6-12-31(23)26-9-3-2-4-10-26)22-38-30-14-13-27-19-32(33(36)37)35(21-29(27)18-30)16-15-24-7-5-8-25(17-24)20-34/h2-14,17-18,32H,15-16,19,21-22H2,1H3,(H,36,37)/t32-/m0/s1. The number of fused-ring (bicyclic) bond motifs is 1. The molecule has 0 radical (unpaired) electrons. The van der Waals surface area contributed by atoms with Gasteiger partial charge in [0.15, 0.2) is 0 Å². The SMILES string of the molecule is Cc1c(COc2ccc3c(c2)CN(CCc2cccc(C#N)c2)[C@H](C(=O)O)C3)cccc1-c1ccccc1. The Bertz CT molecular complexity index is 1490. The molecule has 0 saturated carbocycles. The fraction of sp³-hybridized carbons (Fsp3) is 0.212. The van der Waals surface area contributed by atoms with Gasteiger partial charge in [-0.15, -0.1) is 0 Å². The van der Waals surface area contributed by atoms with Crippen LogP contribution in [0.5, 0.6) is 5.75 Å². The summed E-state index contributed by atoms with van der Waals surface area (Å²) in [5.74, 6) is -0.0285. The number of benzene rings is 4. The number of carboxylic acid groups (broad SMARTS) is 1. The van der Waals surface area contributed by atoms with Crippen molar-refractivity contribution in [1.82, 2.24) is 4.90 Å². The second-order valence-corrected chi connectivity index (χ2v) is 9.77. The smallest absolute Gasteiger partial charge is 0.321 e. The molecule has 0 unspecified atom stereocenters. The van der Waals surface area contributed by atoms with Crippen LogP contribution < -0.4 is 4.74 Å². The summed E-state index contributed by atoms with van der Waals surface area (Å²) in [6.07, 6.45) is 1.14. The molecule has 1 atom stereocenters. The Balaban J connectivity index is 1.30. The van der Waals surface area contributed by atoms with Crippen LogP contribution in [0.2, 0.25) is 0 Å². The summed E-state index contributed by atoms with van der Waals surface area (Å²) < 4.78 is 6.23. The van der Waals surface area contributed by atoms with E-state index in [-0.39, 0.29) is 0 Å². The number of nitrogens with zero attached hydrogens (tertiary/aromatic N) is 2. The van der Waals surface area contributed by atoms with E-state index in [0.29, 0.717) is 38.1 Å². The number of rotatable bonds is 8. The monoisotopic (exact) mass is 502 g/mol. The minimum atomic E-state index is -0.810. The largest absolute Gasteiger partial charge is 0.489 e. The first-order valence-corrected chi connectivity index (χ1v) is 12.9. The van der Waals surface area contributed by atoms with Gasteiger partial charge in [0.2, 0.25) is 0 Å². The maximum atomic E-state index is 12.1. The van der Waals surface area contributed by atoms with Gasteiger partial charge < -0.3 is 9.84 Å². The maximum Gasteiger partial charge on any atom is 0.321 e. The molecule has 0 bridgehead atoms. The molecule has 0 aromatic heterocycles. The van der Waals surface area contributed by atoms with E-state index < -0.39 is 12.0 Å². The Labute approximate surface area is 223 Å². The number of ether oxygens (including phenoxy) is 1. The topological polar surface area (TPSA) is 73.6 Å². The maximum absolute atomic E-state index is 12.1. The van der Waals surface area contributed by atoms with Crippen LogP contribution in [0.25, 0.3) is 11.1 Å². The molecule has 5 nitrogen and oxygen atoms in total. The Morgan fingerprint density at radius 2 is 1.82 bits per heavy atom. The first kappa shape index (κ1) is 25.3. The van der Waals surface area contributed by atoms with Crippen LogP contribution in [0.3, 0.4) is 0 Å². The number of aliphatic carboxylic acids is 1. The molecule has 0 spiro atoms. The Morgan fingerprint density at radius 3 is 2.61 bits per heavy atom. The van der Waals surface area contributed by atoms with Gasteiger partial charge in [-0.25, -0.2) is 0 Å². The molecule has 0 fully saturated rings. The lowest BCUT2D eigenvalue weighted by Gasteiger charge is -2.34. The highest BCUT2D eigenvalue weighted by Gasteiger charge is 2.31. The Hall–Kier alpha value is -4.40. The van der Waals surface area contributed by atoms with Crippen molar-refractivity contribution < 1.29 is 14.6 Å². The van der Waals surface area contributed by atoms with Crippen LogP contribution in [-0.4, -0.2) is 28.6 Å². The molecule has 5 rings (SSSR count). The lowest BCUT2D eigenvalue weighted by molar-refractivity contribution is -0.143. The number of carboxylic acids is 1. The molecule has 190 valence electrons. The van der Waals surface area contributed by atoms with Gasteiger partial charge >= 0.3 is 5.97 Å². The molecule has 1 aliphatic rings. The quantitative estimate of drug-likeness (QED) is 0.312. The van der Waals surface area contributed by atoms with Gasteiger partial charge in [0.05, 0.1) is 11.6 Å². The summed E-state index contributed by atoms with van der Waals surface area (Å²) >= 11 is 0. The summed E-state index contributed by atoms with van der Waals surface area (Å²) in [4.78, 5) is 14.1. The predicted octanol–water partition coefficient (Wildman–Crippen LogP) is 6.17.